The van der Waals surface area contributed by atoms with Crippen LogP contribution < -0.4 is 5.43 Å². The van der Waals surface area contributed by atoms with Crippen LogP contribution in [0.1, 0.15) is 16.1 Å². The fourth-order valence-corrected chi connectivity index (χ4v) is 1.55. The van der Waals surface area contributed by atoms with Gasteiger partial charge in [-0.1, -0.05) is 11.6 Å². The maximum atomic E-state index is 11.6. The third-order valence-corrected chi connectivity index (χ3v) is 2.63. The van der Waals surface area contributed by atoms with Crippen LogP contribution in [0.15, 0.2) is 27.4 Å². The second-order valence-corrected chi connectivity index (χ2v) is 3.78. The highest BCUT2D eigenvalue weighted by atomic mass is 35.5. The van der Waals surface area contributed by atoms with Crippen molar-refractivity contribution in [3.63, 3.8) is 0 Å². The molecule has 0 unspecified atom stereocenters. The van der Waals surface area contributed by atoms with Gasteiger partial charge in [0, 0.05) is 11.1 Å². The summed E-state index contributed by atoms with van der Waals surface area (Å²) >= 11 is 5.87. The lowest BCUT2D eigenvalue weighted by Crippen LogP contribution is -2.06. The van der Waals surface area contributed by atoms with Crippen LogP contribution in [-0.2, 0) is 0 Å². The smallest absolute Gasteiger partial charge is 0.371 e. The van der Waals surface area contributed by atoms with Gasteiger partial charge in [0.15, 0.2) is 5.43 Å². The fourth-order valence-electron chi connectivity index (χ4n) is 1.38. The summed E-state index contributed by atoms with van der Waals surface area (Å²) in [6.07, 6.45) is 0. The molecule has 16 heavy (non-hydrogen) atoms. The van der Waals surface area contributed by atoms with Crippen molar-refractivity contribution < 1.29 is 14.3 Å². The number of benzene rings is 1. The van der Waals surface area contributed by atoms with Gasteiger partial charge >= 0.3 is 5.97 Å². The van der Waals surface area contributed by atoms with Crippen LogP contribution in [0, 0.1) is 6.92 Å². The first-order chi connectivity index (χ1) is 7.49. The van der Waals surface area contributed by atoms with E-state index >= 15 is 0 Å². The molecule has 0 atom stereocenters. The third kappa shape index (κ3) is 1.67. The van der Waals surface area contributed by atoms with Gasteiger partial charge in [-0.25, -0.2) is 4.79 Å². The molecule has 0 saturated carbocycles. The Morgan fingerprint density at radius 2 is 2.06 bits per heavy atom. The molecule has 0 aliphatic carbocycles. The quantitative estimate of drug-likeness (QED) is 0.829. The number of carbonyl (C=O) groups is 1. The van der Waals surface area contributed by atoms with Crippen LogP contribution in [0.25, 0.3) is 11.0 Å². The van der Waals surface area contributed by atoms with Crippen molar-refractivity contribution in [2.45, 2.75) is 6.92 Å². The third-order valence-electron chi connectivity index (χ3n) is 2.22. The molecule has 0 saturated heterocycles. The summed E-state index contributed by atoms with van der Waals surface area (Å²) in [5.74, 6) is -1.65. The first kappa shape index (κ1) is 10.7. The summed E-state index contributed by atoms with van der Waals surface area (Å²) in [6, 6.07) is 3.96. The zero-order valence-electron chi connectivity index (χ0n) is 8.28. The van der Waals surface area contributed by atoms with Gasteiger partial charge in [-0.05, 0) is 24.6 Å². The van der Waals surface area contributed by atoms with E-state index in [-0.39, 0.29) is 16.7 Å². The molecule has 2 aromatic rings. The second kappa shape index (κ2) is 3.64. The summed E-state index contributed by atoms with van der Waals surface area (Å²) in [6.45, 7) is 1.75. The second-order valence-electron chi connectivity index (χ2n) is 3.38. The molecule has 1 N–H and O–H groups in total. The van der Waals surface area contributed by atoms with Gasteiger partial charge in [-0.3, -0.25) is 4.79 Å². The van der Waals surface area contributed by atoms with Gasteiger partial charge < -0.3 is 9.52 Å². The average molecular weight is 239 g/mol. The normalized spacial score (nSPS) is 10.6. The van der Waals surface area contributed by atoms with E-state index in [1.807, 2.05) is 0 Å². The van der Waals surface area contributed by atoms with Crippen molar-refractivity contribution in [2.75, 3.05) is 0 Å². The molecule has 1 aromatic carbocycles. The molecular weight excluding hydrogens is 232 g/mol. The number of hydrogen-bond donors (Lipinski definition) is 1. The summed E-state index contributed by atoms with van der Waals surface area (Å²) in [5.41, 5.74) is 0.534. The van der Waals surface area contributed by atoms with E-state index < -0.39 is 11.4 Å². The Kier molecular flexibility index (Phi) is 2.44. The van der Waals surface area contributed by atoms with Crippen molar-refractivity contribution in [1.82, 2.24) is 0 Å². The number of carboxylic acids is 1. The van der Waals surface area contributed by atoms with Gasteiger partial charge in [0.05, 0.1) is 5.39 Å². The lowest BCUT2D eigenvalue weighted by Gasteiger charge is -2.02. The van der Waals surface area contributed by atoms with Crippen molar-refractivity contribution in [3.05, 3.63) is 44.8 Å². The minimum absolute atomic E-state index is 0.229. The average Bonchev–Trinajstić information content (AvgIpc) is 2.20. The minimum atomic E-state index is -1.27. The summed E-state index contributed by atoms with van der Waals surface area (Å²) in [4.78, 5) is 22.3. The molecule has 1 aromatic heterocycles. The van der Waals surface area contributed by atoms with Crippen LogP contribution >= 0.6 is 11.6 Å². The summed E-state index contributed by atoms with van der Waals surface area (Å²) < 4.78 is 5.08. The molecule has 82 valence electrons. The molecule has 0 amide bonds. The van der Waals surface area contributed by atoms with Crippen molar-refractivity contribution in [3.8, 4) is 0 Å². The Balaban J connectivity index is 2.88. The molecule has 0 spiro atoms. The number of hydrogen-bond acceptors (Lipinski definition) is 3. The Bertz CT molecular complexity index is 642. The van der Waals surface area contributed by atoms with E-state index in [4.69, 9.17) is 21.1 Å². The van der Waals surface area contributed by atoms with Crippen LogP contribution in [0.4, 0.5) is 0 Å². The summed E-state index contributed by atoms with van der Waals surface area (Å²) in [7, 11) is 0. The van der Waals surface area contributed by atoms with Crippen molar-refractivity contribution in [2.24, 2.45) is 0 Å². The van der Waals surface area contributed by atoms with Crippen molar-refractivity contribution >= 4 is 28.5 Å². The minimum Gasteiger partial charge on any atom is -0.475 e. The molecule has 0 bridgehead atoms. The van der Waals surface area contributed by atoms with E-state index in [0.717, 1.165) is 11.6 Å². The Hall–Kier alpha value is -1.81. The van der Waals surface area contributed by atoms with Gasteiger partial charge in [0.1, 0.15) is 5.58 Å². The maximum absolute atomic E-state index is 11.6. The Morgan fingerprint density at radius 3 is 2.69 bits per heavy atom. The number of halogens is 1. The predicted molar refractivity (Wildman–Crippen MR) is 59.2 cm³/mol. The van der Waals surface area contributed by atoms with Gasteiger partial charge in [-0.15, -0.1) is 0 Å². The van der Waals surface area contributed by atoms with E-state index in [0.29, 0.717) is 5.02 Å². The van der Waals surface area contributed by atoms with Crippen LogP contribution in [0.3, 0.4) is 0 Å². The molecule has 0 aliphatic heterocycles. The van der Waals surface area contributed by atoms with E-state index in [1.54, 1.807) is 13.0 Å². The molecule has 0 radical (unpaired) electrons. The van der Waals surface area contributed by atoms with Crippen LogP contribution in [0.5, 0.6) is 0 Å². The molecule has 0 fully saturated rings. The van der Waals surface area contributed by atoms with E-state index in [9.17, 15) is 9.59 Å². The summed E-state index contributed by atoms with van der Waals surface area (Å²) in [5, 5.41) is 9.46. The number of carboxylic acid groups (broad SMARTS) is 1. The van der Waals surface area contributed by atoms with Crippen molar-refractivity contribution in [1.29, 1.82) is 0 Å². The van der Waals surface area contributed by atoms with Gasteiger partial charge in [0.2, 0.25) is 5.76 Å². The highest BCUT2D eigenvalue weighted by molar-refractivity contribution is 6.32. The van der Waals surface area contributed by atoms with Crippen LogP contribution in [-0.4, -0.2) is 11.1 Å². The molecule has 4 nitrogen and oxygen atoms in total. The highest BCUT2D eigenvalue weighted by Gasteiger charge is 2.11. The SMILES string of the molecule is Cc1cc2oc(C(=O)O)cc(=O)c2cc1Cl. The van der Waals surface area contributed by atoms with E-state index in [2.05, 4.69) is 0 Å². The molecule has 5 heteroatoms. The monoisotopic (exact) mass is 238 g/mol. The van der Waals surface area contributed by atoms with Gasteiger partial charge in [-0.2, -0.15) is 0 Å². The van der Waals surface area contributed by atoms with Crippen LogP contribution in [0.2, 0.25) is 5.02 Å². The maximum Gasteiger partial charge on any atom is 0.371 e. The van der Waals surface area contributed by atoms with Gasteiger partial charge in [0.25, 0.3) is 0 Å². The number of aromatic carboxylic acids is 1. The highest BCUT2D eigenvalue weighted by Crippen LogP contribution is 2.22. The first-order valence-electron chi connectivity index (χ1n) is 4.46. The number of rotatable bonds is 1. The molecule has 2 rings (SSSR count). The molecule has 1 heterocycles. The molecule has 0 aliphatic rings. The topological polar surface area (TPSA) is 67.5 Å². The largest absolute Gasteiger partial charge is 0.475 e. The number of fused-ring (bicyclic) bond motifs is 1. The molecular formula is C11H7ClO4. The fraction of sp³-hybridized carbons (Fsp3) is 0.0909. The zero-order chi connectivity index (χ0) is 11.9. The Morgan fingerprint density at radius 1 is 1.38 bits per heavy atom. The standard InChI is InChI=1S/C11H7ClO4/c1-5-2-9-6(3-7(5)12)8(13)4-10(16-9)11(14)15/h2-4H,1H3,(H,14,15). The lowest BCUT2D eigenvalue weighted by molar-refractivity contribution is 0.0663. The lowest BCUT2D eigenvalue weighted by atomic mass is 10.1. The number of aryl methyl sites for hydroxylation is 1. The first-order valence-corrected chi connectivity index (χ1v) is 4.84. The van der Waals surface area contributed by atoms with E-state index in [1.165, 1.54) is 6.07 Å². The Labute approximate surface area is 95.1 Å². The predicted octanol–water partition coefficient (Wildman–Crippen LogP) is 2.45. The zero-order valence-corrected chi connectivity index (χ0v) is 9.04.